The Morgan fingerprint density at radius 1 is 1.09 bits per heavy atom. The molecule has 0 spiro atoms. The predicted molar refractivity (Wildman–Crippen MR) is 81.7 cm³/mol. The van der Waals surface area contributed by atoms with E-state index in [9.17, 15) is 9.59 Å². The van der Waals surface area contributed by atoms with Crippen molar-refractivity contribution < 1.29 is 19.1 Å². The van der Waals surface area contributed by atoms with Crippen LogP contribution in [0.2, 0.25) is 0 Å². The van der Waals surface area contributed by atoms with Crippen LogP contribution in [-0.4, -0.2) is 61.0 Å². The summed E-state index contributed by atoms with van der Waals surface area (Å²) >= 11 is 0. The largest absolute Gasteiger partial charge is 0.444 e. The number of nitrogens with zero attached hydrogens (tertiary/aromatic N) is 1. The first-order valence-electron chi connectivity index (χ1n) is 7.96. The van der Waals surface area contributed by atoms with E-state index in [1.807, 2.05) is 20.8 Å². The van der Waals surface area contributed by atoms with Crippen LogP contribution in [0.3, 0.4) is 0 Å². The average molecular weight is 313 g/mol. The van der Waals surface area contributed by atoms with Crippen molar-refractivity contribution in [3.05, 3.63) is 0 Å². The molecule has 0 aromatic rings. The van der Waals surface area contributed by atoms with Crippen molar-refractivity contribution >= 4 is 12.1 Å². The van der Waals surface area contributed by atoms with Crippen molar-refractivity contribution in [1.82, 2.24) is 15.5 Å². The lowest BCUT2D eigenvalue weighted by molar-refractivity contribution is 0.0291. The van der Waals surface area contributed by atoms with Crippen LogP contribution in [0.5, 0.6) is 0 Å². The van der Waals surface area contributed by atoms with Gasteiger partial charge in [-0.15, -0.1) is 0 Å². The number of nitrogens with one attached hydrogen (secondary N) is 2. The molecule has 0 saturated carbocycles. The molecule has 2 heterocycles. The Bertz CT molecular complexity index is 402. The second-order valence-electron chi connectivity index (χ2n) is 6.92. The second kappa shape index (κ2) is 7.17. The molecule has 2 rings (SSSR count). The minimum atomic E-state index is -0.497. The third-order valence-electron chi connectivity index (χ3n) is 3.73. The lowest BCUT2D eigenvalue weighted by Crippen LogP contribution is -2.48. The fourth-order valence-electron chi connectivity index (χ4n) is 2.62. The Morgan fingerprint density at radius 2 is 1.73 bits per heavy atom. The topological polar surface area (TPSA) is 79.9 Å². The number of urea groups is 1. The zero-order chi connectivity index (χ0) is 16.2. The first kappa shape index (κ1) is 16.9. The summed E-state index contributed by atoms with van der Waals surface area (Å²) in [6, 6.07) is -0.00703. The van der Waals surface area contributed by atoms with Crippen LogP contribution in [0.15, 0.2) is 0 Å². The van der Waals surface area contributed by atoms with Gasteiger partial charge in [0.05, 0.1) is 0 Å². The summed E-state index contributed by atoms with van der Waals surface area (Å²) in [5.74, 6) is 0. The molecule has 0 aromatic heterocycles. The van der Waals surface area contributed by atoms with Crippen molar-refractivity contribution in [1.29, 1.82) is 0 Å². The van der Waals surface area contributed by atoms with E-state index < -0.39 is 5.60 Å². The van der Waals surface area contributed by atoms with Crippen LogP contribution >= 0.6 is 0 Å². The van der Waals surface area contributed by atoms with Crippen LogP contribution < -0.4 is 10.6 Å². The summed E-state index contributed by atoms with van der Waals surface area (Å²) < 4.78 is 10.6. The van der Waals surface area contributed by atoms with Gasteiger partial charge in [-0.25, -0.2) is 9.59 Å². The number of ether oxygens (including phenoxy) is 2. The molecule has 1 atom stereocenters. The number of hydrogen-bond acceptors (Lipinski definition) is 4. The van der Waals surface area contributed by atoms with Gasteiger partial charge in [0.25, 0.3) is 0 Å². The van der Waals surface area contributed by atoms with Gasteiger partial charge in [-0.1, -0.05) is 0 Å². The summed E-state index contributed by atoms with van der Waals surface area (Å²) in [6.45, 7) is 8.03. The van der Waals surface area contributed by atoms with Crippen LogP contribution in [-0.2, 0) is 9.47 Å². The minimum absolute atomic E-state index is 0.0210. The number of hydrogen-bond donors (Lipinski definition) is 2. The van der Waals surface area contributed by atoms with Crippen molar-refractivity contribution in [2.24, 2.45) is 0 Å². The van der Waals surface area contributed by atoms with E-state index in [2.05, 4.69) is 10.6 Å². The smallest absolute Gasteiger partial charge is 0.410 e. The molecule has 2 fully saturated rings. The molecule has 0 unspecified atom stereocenters. The number of rotatable bonds is 2. The third kappa shape index (κ3) is 5.36. The fourth-order valence-corrected chi connectivity index (χ4v) is 2.62. The Hall–Kier alpha value is -1.50. The predicted octanol–water partition coefficient (Wildman–Crippen LogP) is 1.47. The van der Waals surface area contributed by atoms with Gasteiger partial charge in [0.1, 0.15) is 5.60 Å². The van der Waals surface area contributed by atoms with E-state index >= 15 is 0 Å². The molecular formula is C15H27N3O4. The normalized spacial score (nSPS) is 23.2. The standard InChI is InChI=1S/C15H27N3O4/c1-15(2,3)22-14(20)18-7-4-12(10-18)17-13(19)16-11-5-8-21-9-6-11/h11-12H,4-10H2,1-3H3,(H2,16,17,19)/t12-/m0/s1. The minimum Gasteiger partial charge on any atom is -0.444 e. The van der Waals surface area contributed by atoms with Gasteiger partial charge in [-0.2, -0.15) is 0 Å². The summed E-state index contributed by atoms with van der Waals surface area (Å²) in [7, 11) is 0. The van der Waals surface area contributed by atoms with Crippen molar-refractivity contribution in [2.75, 3.05) is 26.3 Å². The molecule has 3 amide bonds. The molecule has 2 aliphatic rings. The number of amides is 3. The van der Waals surface area contributed by atoms with E-state index in [-0.39, 0.29) is 24.2 Å². The van der Waals surface area contributed by atoms with Gasteiger partial charge >= 0.3 is 12.1 Å². The molecule has 0 aliphatic carbocycles. The van der Waals surface area contributed by atoms with Crippen molar-refractivity contribution in [3.8, 4) is 0 Å². The van der Waals surface area contributed by atoms with Gasteiger partial charge in [0, 0.05) is 38.4 Å². The van der Waals surface area contributed by atoms with Crippen molar-refractivity contribution in [3.63, 3.8) is 0 Å². The molecule has 2 aliphatic heterocycles. The fraction of sp³-hybridized carbons (Fsp3) is 0.867. The zero-order valence-electron chi connectivity index (χ0n) is 13.7. The highest BCUT2D eigenvalue weighted by Crippen LogP contribution is 2.15. The Balaban J connectivity index is 1.71. The molecule has 7 heteroatoms. The van der Waals surface area contributed by atoms with E-state index in [0.29, 0.717) is 26.3 Å². The van der Waals surface area contributed by atoms with Gasteiger partial charge < -0.3 is 25.0 Å². The Morgan fingerprint density at radius 3 is 2.36 bits per heavy atom. The van der Waals surface area contributed by atoms with Crippen LogP contribution in [0.25, 0.3) is 0 Å². The number of carbonyl (C=O) groups excluding carboxylic acids is 2. The molecule has 7 nitrogen and oxygen atoms in total. The molecule has 0 aromatic carbocycles. The van der Waals surface area contributed by atoms with Crippen molar-refractivity contribution in [2.45, 2.75) is 57.7 Å². The third-order valence-corrected chi connectivity index (χ3v) is 3.73. The summed E-state index contributed by atoms with van der Waals surface area (Å²) in [5, 5.41) is 5.90. The molecule has 126 valence electrons. The summed E-state index contributed by atoms with van der Waals surface area (Å²) in [5.41, 5.74) is -0.497. The highest BCUT2D eigenvalue weighted by atomic mass is 16.6. The van der Waals surface area contributed by atoms with Gasteiger partial charge in [-0.05, 0) is 40.0 Å². The molecule has 0 radical (unpaired) electrons. The highest BCUT2D eigenvalue weighted by molar-refractivity contribution is 5.75. The lowest BCUT2D eigenvalue weighted by Gasteiger charge is -2.25. The first-order valence-corrected chi connectivity index (χ1v) is 7.96. The SMILES string of the molecule is CC(C)(C)OC(=O)N1CC[C@H](NC(=O)NC2CCOCC2)C1. The van der Waals surface area contributed by atoms with E-state index in [1.54, 1.807) is 4.90 Å². The first-order chi connectivity index (χ1) is 10.3. The van der Waals surface area contributed by atoms with Crippen LogP contribution in [0.4, 0.5) is 9.59 Å². The molecule has 0 bridgehead atoms. The van der Waals surface area contributed by atoms with Crippen LogP contribution in [0.1, 0.15) is 40.0 Å². The summed E-state index contributed by atoms with van der Waals surface area (Å²) in [4.78, 5) is 25.6. The number of carbonyl (C=O) groups is 2. The summed E-state index contributed by atoms with van der Waals surface area (Å²) in [6.07, 6.45) is 2.13. The van der Waals surface area contributed by atoms with Gasteiger partial charge in [-0.3, -0.25) is 0 Å². The van der Waals surface area contributed by atoms with E-state index in [4.69, 9.17) is 9.47 Å². The average Bonchev–Trinajstić information content (AvgIpc) is 2.86. The van der Waals surface area contributed by atoms with E-state index in [1.165, 1.54) is 0 Å². The van der Waals surface area contributed by atoms with Gasteiger partial charge in [0.2, 0.25) is 0 Å². The molecule has 22 heavy (non-hydrogen) atoms. The molecule has 2 saturated heterocycles. The maximum Gasteiger partial charge on any atom is 0.410 e. The highest BCUT2D eigenvalue weighted by Gasteiger charge is 2.30. The monoisotopic (exact) mass is 313 g/mol. The zero-order valence-corrected chi connectivity index (χ0v) is 13.7. The lowest BCUT2D eigenvalue weighted by atomic mass is 10.1. The number of likely N-dealkylation sites (tertiary alicyclic amines) is 1. The maximum absolute atomic E-state index is 12.0. The molecular weight excluding hydrogens is 286 g/mol. The quantitative estimate of drug-likeness (QED) is 0.809. The maximum atomic E-state index is 12.0. The van der Waals surface area contributed by atoms with Crippen LogP contribution in [0, 0.1) is 0 Å². The van der Waals surface area contributed by atoms with Gasteiger partial charge in [0.15, 0.2) is 0 Å². The second-order valence-corrected chi connectivity index (χ2v) is 6.92. The molecule has 2 N–H and O–H groups in total. The van der Waals surface area contributed by atoms with E-state index in [0.717, 1.165) is 19.3 Å². The Labute approximate surface area is 131 Å². The Kier molecular flexibility index (Phi) is 5.50.